The lowest BCUT2D eigenvalue weighted by Crippen LogP contribution is -2.52. The van der Waals surface area contributed by atoms with Crippen LogP contribution in [0.5, 0.6) is 0 Å². The van der Waals surface area contributed by atoms with Crippen LogP contribution >= 0.6 is 0 Å². The Labute approximate surface area is 163 Å². The van der Waals surface area contributed by atoms with E-state index in [9.17, 15) is 0 Å². The highest BCUT2D eigenvalue weighted by molar-refractivity contribution is 5.80. The number of nitrogens with one attached hydrogen (secondary N) is 1. The number of aromatic nitrogens is 1. The van der Waals surface area contributed by atoms with Crippen molar-refractivity contribution in [2.45, 2.75) is 39.7 Å². The van der Waals surface area contributed by atoms with Crippen molar-refractivity contribution in [1.82, 2.24) is 25.2 Å². The number of nitrogens with zero attached hydrogens (tertiary/aromatic N) is 5. The Bertz CT molecular complexity index is 545. The molecule has 1 aromatic heterocycles. The lowest BCUT2D eigenvalue weighted by molar-refractivity contribution is 0.169. The van der Waals surface area contributed by atoms with Crippen molar-refractivity contribution in [1.29, 1.82) is 0 Å². The van der Waals surface area contributed by atoms with Crippen LogP contribution in [0.25, 0.3) is 0 Å². The zero-order valence-electron chi connectivity index (χ0n) is 17.1. The summed E-state index contributed by atoms with van der Waals surface area (Å²) in [6, 6.07) is 1.95. The van der Waals surface area contributed by atoms with Crippen LogP contribution in [0.4, 0.5) is 0 Å². The van der Waals surface area contributed by atoms with E-state index in [1.165, 1.54) is 32.5 Å². The summed E-state index contributed by atoms with van der Waals surface area (Å²) in [4.78, 5) is 12.3. The van der Waals surface area contributed by atoms with Gasteiger partial charge in [-0.25, -0.2) is 0 Å². The molecule has 0 bridgehead atoms. The summed E-state index contributed by atoms with van der Waals surface area (Å²) in [6.45, 7) is 15.0. The summed E-state index contributed by atoms with van der Waals surface area (Å²) >= 11 is 0. The number of hydrogen-bond acceptors (Lipinski definition) is 5. The molecule has 7 heteroatoms. The number of guanidine groups is 1. The number of rotatable bonds is 7. The monoisotopic (exact) mass is 376 g/mol. The third-order valence-electron chi connectivity index (χ3n) is 5.65. The maximum atomic E-state index is 4.93. The molecule has 2 aliphatic rings. The standard InChI is InChI=1S/C20H36N6O/c1-3-21-20(22-8-4-9-24-10-5-18(2)6-11-24)26-14-12-25(13-15-26)17-19-7-16-27-23-19/h7,16,18H,3-6,8-15,17H2,1-2H3,(H,21,22). The molecule has 0 radical (unpaired) electrons. The van der Waals surface area contributed by atoms with E-state index in [2.05, 4.69) is 39.0 Å². The van der Waals surface area contributed by atoms with Crippen molar-refractivity contribution in [3.63, 3.8) is 0 Å². The first kappa shape index (κ1) is 20.1. The van der Waals surface area contributed by atoms with Crippen molar-refractivity contribution in [2.75, 3.05) is 58.9 Å². The van der Waals surface area contributed by atoms with E-state index in [4.69, 9.17) is 9.52 Å². The van der Waals surface area contributed by atoms with Crippen molar-refractivity contribution in [3.05, 3.63) is 18.0 Å². The predicted octanol–water partition coefficient (Wildman–Crippen LogP) is 1.88. The Morgan fingerprint density at radius 3 is 2.63 bits per heavy atom. The largest absolute Gasteiger partial charge is 0.364 e. The van der Waals surface area contributed by atoms with Crippen molar-refractivity contribution >= 4 is 5.96 Å². The van der Waals surface area contributed by atoms with Gasteiger partial charge in [0.2, 0.25) is 0 Å². The van der Waals surface area contributed by atoms with Gasteiger partial charge in [-0.15, -0.1) is 0 Å². The molecule has 0 saturated carbocycles. The molecule has 1 aromatic rings. The van der Waals surface area contributed by atoms with Crippen LogP contribution in [0.2, 0.25) is 0 Å². The molecule has 0 aliphatic carbocycles. The molecule has 0 atom stereocenters. The molecule has 2 saturated heterocycles. The van der Waals surface area contributed by atoms with Crippen LogP contribution in [-0.4, -0.2) is 84.7 Å². The van der Waals surface area contributed by atoms with Crippen molar-refractivity contribution in [2.24, 2.45) is 10.9 Å². The summed E-state index contributed by atoms with van der Waals surface area (Å²) in [7, 11) is 0. The Morgan fingerprint density at radius 2 is 1.96 bits per heavy atom. The molecule has 2 aliphatic heterocycles. The fraction of sp³-hybridized carbons (Fsp3) is 0.800. The van der Waals surface area contributed by atoms with Gasteiger partial charge >= 0.3 is 0 Å². The van der Waals surface area contributed by atoms with Crippen LogP contribution < -0.4 is 5.32 Å². The third kappa shape index (κ3) is 6.50. The second-order valence-corrected chi connectivity index (χ2v) is 7.87. The smallest absolute Gasteiger partial charge is 0.194 e. The lowest BCUT2D eigenvalue weighted by atomic mass is 9.99. The molecule has 3 rings (SSSR count). The fourth-order valence-electron chi connectivity index (χ4n) is 3.86. The summed E-state index contributed by atoms with van der Waals surface area (Å²) in [5.41, 5.74) is 1.01. The van der Waals surface area contributed by atoms with Crippen LogP contribution in [-0.2, 0) is 6.54 Å². The molecule has 152 valence electrons. The quantitative estimate of drug-likeness (QED) is 0.445. The summed E-state index contributed by atoms with van der Waals surface area (Å²) in [6.07, 6.45) is 5.50. The van der Waals surface area contributed by atoms with Crippen molar-refractivity contribution < 1.29 is 4.52 Å². The molecule has 27 heavy (non-hydrogen) atoms. The van der Waals surface area contributed by atoms with E-state index in [1.807, 2.05) is 6.07 Å². The molecule has 0 spiro atoms. The molecular weight excluding hydrogens is 340 g/mol. The Morgan fingerprint density at radius 1 is 1.19 bits per heavy atom. The maximum absolute atomic E-state index is 4.93. The van der Waals surface area contributed by atoms with Crippen LogP contribution in [0.3, 0.4) is 0 Å². The Kier molecular flexibility index (Phi) is 7.95. The van der Waals surface area contributed by atoms with E-state index in [0.717, 1.165) is 69.8 Å². The number of hydrogen-bond donors (Lipinski definition) is 1. The molecule has 0 unspecified atom stereocenters. The molecule has 3 heterocycles. The van der Waals surface area contributed by atoms with E-state index in [0.29, 0.717) is 0 Å². The van der Waals surface area contributed by atoms with Gasteiger partial charge in [0.25, 0.3) is 0 Å². The summed E-state index contributed by atoms with van der Waals surface area (Å²) < 4.78 is 4.93. The topological polar surface area (TPSA) is 60.1 Å². The van der Waals surface area contributed by atoms with Gasteiger partial charge in [0.1, 0.15) is 6.26 Å². The number of likely N-dealkylation sites (tertiary alicyclic amines) is 1. The van der Waals surface area contributed by atoms with Crippen molar-refractivity contribution in [3.8, 4) is 0 Å². The number of piperazine rings is 1. The first-order valence-electron chi connectivity index (χ1n) is 10.6. The van der Waals surface area contributed by atoms with Gasteiger partial charge in [-0.2, -0.15) is 0 Å². The molecule has 2 fully saturated rings. The van der Waals surface area contributed by atoms with Gasteiger partial charge in [-0.05, 0) is 51.7 Å². The van der Waals surface area contributed by atoms with Gasteiger partial charge in [-0.3, -0.25) is 9.89 Å². The van der Waals surface area contributed by atoms with E-state index in [-0.39, 0.29) is 0 Å². The normalized spacial score (nSPS) is 21.0. The van der Waals surface area contributed by atoms with E-state index in [1.54, 1.807) is 6.26 Å². The lowest BCUT2D eigenvalue weighted by Gasteiger charge is -2.36. The Hall–Kier alpha value is -1.60. The fourth-order valence-corrected chi connectivity index (χ4v) is 3.86. The SMILES string of the molecule is CCNC(=NCCCN1CCC(C)CC1)N1CCN(Cc2ccon2)CC1. The third-order valence-corrected chi connectivity index (χ3v) is 5.65. The highest BCUT2D eigenvalue weighted by atomic mass is 16.5. The minimum Gasteiger partial charge on any atom is -0.364 e. The number of aliphatic imine (C=N–C) groups is 1. The summed E-state index contributed by atoms with van der Waals surface area (Å²) in [5.74, 6) is 1.98. The number of piperidine rings is 1. The van der Waals surface area contributed by atoms with E-state index >= 15 is 0 Å². The van der Waals surface area contributed by atoms with Gasteiger partial charge in [0, 0.05) is 51.9 Å². The van der Waals surface area contributed by atoms with Crippen LogP contribution in [0.1, 0.15) is 38.8 Å². The predicted molar refractivity (Wildman–Crippen MR) is 109 cm³/mol. The zero-order valence-corrected chi connectivity index (χ0v) is 17.1. The summed E-state index contributed by atoms with van der Waals surface area (Å²) in [5, 5.41) is 7.49. The Balaban J connectivity index is 1.39. The first-order valence-corrected chi connectivity index (χ1v) is 10.6. The second-order valence-electron chi connectivity index (χ2n) is 7.87. The molecule has 0 aromatic carbocycles. The molecule has 1 N–H and O–H groups in total. The minimum atomic E-state index is 0.868. The second kappa shape index (κ2) is 10.7. The van der Waals surface area contributed by atoms with E-state index < -0.39 is 0 Å². The molecule has 7 nitrogen and oxygen atoms in total. The molecule has 0 amide bonds. The first-order chi connectivity index (χ1) is 13.2. The highest BCUT2D eigenvalue weighted by Gasteiger charge is 2.20. The zero-order chi connectivity index (χ0) is 18.9. The van der Waals surface area contributed by atoms with Gasteiger partial charge in [0.15, 0.2) is 5.96 Å². The minimum absolute atomic E-state index is 0.868. The maximum Gasteiger partial charge on any atom is 0.194 e. The van der Waals surface area contributed by atoms with Crippen LogP contribution in [0.15, 0.2) is 21.8 Å². The highest BCUT2D eigenvalue weighted by Crippen LogP contribution is 2.15. The molecular formula is C20H36N6O. The van der Waals surface area contributed by atoms with Gasteiger partial charge < -0.3 is 19.6 Å². The van der Waals surface area contributed by atoms with Gasteiger partial charge in [-0.1, -0.05) is 12.1 Å². The average molecular weight is 377 g/mol. The average Bonchev–Trinajstić information content (AvgIpc) is 3.19. The van der Waals surface area contributed by atoms with Crippen LogP contribution in [0, 0.1) is 5.92 Å². The van der Waals surface area contributed by atoms with Gasteiger partial charge in [0.05, 0.1) is 5.69 Å².